The molecule has 0 unspecified atom stereocenters. The summed E-state index contributed by atoms with van der Waals surface area (Å²) in [6.07, 6.45) is 0. The summed E-state index contributed by atoms with van der Waals surface area (Å²) < 4.78 is 5.68. The number of hydrogen-bond acceptors (Lipinski definition) is 3. The molecule has 22 heavy (non-hydrogen) atoms. The van der Waals surface area contributed by atoms with Gasteiger partial charge in [-0.1, -0.05) is 18.2 Å². The lowest BCUT2D eigenvalue weighted by Gasteiger charge is -2.19. The van der Waals surface area contributed by atoms with Gasteiger partial charge in [-0.05, 0) is 49.2 Å². The molecule has 4 nitrogen and oxygen atoms in total. The maximum absolute atomic E-state index is 12.4. The van der Waals surface area contributed by atoms with Crippen LogP contribution in [0.4, 0.5) is 5.69 Å². The monoisotopic (exact) mass is 298 g/mol. The van der Waals surface area contributed by atoms with Crippen molar-refractivity contribution in [1.82, 2.24) is 4.90 Å². The highest BCUT2D eigenvalue weighted by Gasteiger charge is 2.14. The fourth-order valence-electron chi connectivity index (χ4n) is 2.18. The smallest absolute Gasteiger partial charge is 0.254 e. The predicted molar refractivity (Wildman–Crippen MR) is 89.2 cm³/mol. The van der Waals surface area contributed by atoms with Crippen LogP contribution in [0.5, 0.6) is 5.75 Å². The maximum Gasteiger partial charge on any atom is 0.254 e. The highest BCUT2D eigenvalue weighted by atomic mass is 16.5. The van der Waals surface area contributed by atoms with Crippen molar-refractivity contribution >= 4 is 11.6 Å². The minimum absolute atomic E-state index is 0.0438. The second-order valence-electron chi connectivity index (χ2n) is 5.47. The number of nitrogens with two attached hydrogens (primary N) is 1. The third-order valence-electron chi connectivity index (χ3n) is 3.52. The molecule has 2 aromatic carbocycles. The molecule has 0 aliphatic rings. The molecule has 0 saturated carbocycles. The van der Waals surface area contributed by atoms with Gasteiger partial charge in [0.2, 0.25) is 0 Å². The van der Waals surface area contributed by atoms with Crippen molar-refractivity contribution in [3.05, 3.63) is 59.2 Å². The second kappa shape index (κ2) is 6.98. The van der Waals surface area contributed by atoms with Gasteiger partial charge in [0.1, 0.15) is 12.4 Å². The Morgan fingerprint density at radius 2 is 1.95 bits per heavy atom. The summed E-state index contributed by atoms with van der Waals surface area (Å²) in [5.74, 6) is 0.777. The number of likely N-dealkylation sites (N-methyl/N-ethyl adjacent to an activating group) is 1. The molecular weight excluding hydrogens is 276 g/mol. The van der Waals surface area contributed by atoms with Crippen LogP contribution in [0.3, 0.4) is 0 Å². The quantitative estimate of drug-likeness (QED) is 0.863. The van der Waals surface area contributed by atoms with Crippen LogP contribution in [-0.2, 0) is 0 Å². The van der Waals surface area contributed by atoms with Crippen molar-refractivity contribution in [2.75, 3.05) is 25.9 Å². The van der Waals surface area contributed by atoms with E-state index in [9.17, 15) is 4.79 Å². The lowest BCUT2D eigenvalue weighted by molar-refractivity contribution is 0.0773. The number of anilines is 1. The first-order valence-corrected chi connectivity index (χ1v) is 7.28. The topological polar surface area (TPSA) is 55.6 Å². The lowest BCUT2D eigenvalue weighted by Crippen LogP contribution is -2.31. The van der Waals surface area contributed by atoms with E-state index in [0.29, 0.717) is 24.4 Å². The number of carbonyl (C=O) groups excluding carboxylic acids is 1. The number of hydrogen-bond donors (Lipinski definition) is 1. The first-order valence-electron chi connectivity index (χ1n) is 7.28. The van der Waals surface area contributed by atoms with Gasteiger partial charge in [0.05, 0.1) is 6.54 Å². The summed E-state index contributed by atoms with van der Waals surface area (Å²) in [6, 6.07) is 13.2. The van der Waals surface area contributed by atoms with Gasteiger partial charge in [-0.25, -0.2) is 0 Å². The molecule has 0 saturated heterocycles. The molecule has 116 valence electrons. The van der Waals surface area contributed by atoms with Crippen molar-refractivity contribution in [3.8, 4) is 5.75 Å². The first kappa shape index (κ1) is 15.9. The summed E-state index contributed by atoms with van der Waals surface area (Å²) in [5, 5.41) is 0. The van der Waals surface area contributed by atoms with E-state index < -0.39 is 0 Å². The molecule has 0 fully saturated rings. The molecule has 4 heteroatoms. The molecular formula is C18H22N2O2. The molecule has 2 aromatic rings. The Bertz CT molecular complexity index is 668. The standard InChI is InChI=1S/C18H22N2O2/c1-13-5-4-6-16(11-13)22-10-9-20(3)18(21)17-12-15(19)8-7-14(17)2/h4-8,11-12H,9-10,19H2,1-3H3. The zero-order valence-electron chi connectivity index (χ0n) is 13.3. The van der Waals surface area contributed by atoms with Crippen LogP contribution in [0.2, 0.25) is 0 Å². The van der Waals surface area contributed by atoms with E-state index >= 15 is 0 Å². The molecule has 0 heterocycles. The Labute approximate surface area is 131 Å². The summed E-state index contributed by atoms with van der Waals surface area (Å²) in [7, 11) is 1.77. The molecule has 0 radical (unpaired) electrons. The number of nitrogen functional groups attached to an aromatic ring is 1. The SMILES string of the molecule is Cc1cccc(OCCN(C)C(=O)c2cc(N)ccc2C)c1. The number of amides is 1. The Morgan fingerprint density at radius 3 is 2.68 bits per heavy atom. The van der Waals surface area contributed by atoms with E-state index in [-0.39, 0.29) is 5.91 Å². The van der Waals surface area contributed by atoms with E-state index in [4.69, 9.17) is 10.5 Å². The Morgan fingerprint density at radius 1 is 1.18 bits per heavy atom. The summed E-state index contributed by atoms with van der Waals surface area (Å²) in [4.78, 5) is 14.1. The third kappa shape index (κ3) is 4.01. The largest absolute Gasteiger partial charge is 0.492 e. The highest BCUT2D eigenvalue weighted by Crippen LogP contribution is 2.15. The Balaban J connectivity index is 1.93. The number of aryl methyl sites for hydroxylation is 2. The maximum atomic E-state index is 12.4. The van der Waals surface area contributed by atoms with Gasteiger partial charge in [0.15, 0.2) is 0 Å². The van der Waals surface area contributed by atoms with Crippen molar-refractivity contribution in [1.29, 1.82) is 0 Å². The zero-order valence-corrected chi connectivity index (χ0v) is 13.3. The minimum Gasteiger partial charge on any atom is -0.492 e. The molecule has 2 rings (SSSR count). The van der Waals surface area contributed by atoms with Crippen LogP contribution in [0.25, 0.3) is 0 Å². The molecule has 0 bridgehead atoms. The molecule has 0 aliphatic carbocycles. The predicted octanol–water partition coefficient (Wildman–Crippen LogP) is 3.04. The van der Waals surface area contributed by atoms with Gasteiger partial charge in [0.25, 0.3) is 5.91 Å². The normalized spacial score (nSPS) is 10.3. The van der Waals surface area contributed by atoms with Gasteiger partial charge in [0, 0.05) is 18.3 Å². The van der Waals surface area contributed by atoms with Crippen LogP contribution in [0.1, 0.15) is 21.5 Å². The molecule has 2 N–H and O–H groups in total. The Hall–Kier alpha value is -2.49. The summed E-state index contributed by atoms with van der Waals surface area (Å²) >= 11 is 0. The zero-order chi connectivity index (χ0) is 16.1. The number of nitrogens with zero attached hydrogens (tertiary/aromatic N) is 1. The average Bonchev–Trinajstić information content (AvgIpc) is 2.49. The van der Waals surface area contributed by atoms with E-state index in [1.165, 1.54) is 0 Å². The van der Waals surface area contributed by atoms with Gasteiger partial charge in [-0.15, -0.1) is 0 Å². The fraction of sp³-hybridized carbons (Fsp3) is 0.278. The lowest BCUT2D eigenvalue weighted by atomic mass is 10.1. The van der Waals surface area contributed by atoms with Gasteiger partial charge in [-0.2, -0.15) is 0 Å². The van der Waals surface area contributed by atoms with Gasteiger partial charge < -0.3 is 15.4 Å². The molecule has 1 amide bonds. The molecule has 0 aromatic heterocycles. The number of carbonyl (C=O) groups is 1. The summed E-state index contributed by atoms with van der Waals surface area (Å²) in [6.45, 7) is 4.89. The number of benzene rings is 2. The van der Waals surface area contributed by atoms with Crippen molar-refractivity contribution < 1.29 is 9.53 Å². The minimum atomic E-state index is -0.0438. The van der Waals surface area contributed by atoms with Crippen LogP contribution >= 0.6 is 0 Å². The van der Waals surface area contributed by atoms with E-state index in [0.717, 1.165) is 16.9 Å². The van der Waals surface area contributed by atoms with Crippen LogP contribution in [0.15, 0.2) is 42.5 Å². The molecule has 0 aliphatic heterocycles. The van der Waals surface area contributed by atoms with E-state index in [2.05, 4.69) is 0 Å². The van der Waals surface area contributed by atoms with E-state index in [1.54, 1.807) is 24.1 Å². The van der Waals surface area contributed by atoms with Crippen LogP contribution in [-0.4, -0.2) is 31.0 Å². The second-order valence-corrected chi connectivity index (χ2v) is 5.47. The van der Waals surface area contributed by atoms with Crippen molar-refractivity contribution in [2.24, 2.45) is 0 Å². The third-order valence-corrected chi connectivity index (χ3v) is 3.52. The van der Waals surface area contributed by atoms with Gasteiger partial charge in [-0.3, -0.25) is 4.79 Å². The number of ether oxygens (including phenoxy) is 1. The molecule has 0 spiro atoms. The highest BCUT2D eigenvalue weighted by molar-refractivity contribution is 5.96. The van der Waals surface area contributed by atoms with Gasteiger partial charge >= 0.3 is 0 Å². The van der Waals surface area contributed by atoms with Crippen LogP contribution in [0, 0.1) is 13.8 Å². The summed E-state index contributed by atoms with van der Waals surface area (Å²) in [5.41, 5.74) is 9.07. The fourth-order valence-corrected chi connectivity index (χ4v) is 2.18. The van der Waals surface area contributed by atoms with Crippen molar-refractivity contribution in [2.45, 2.75) is 13.8 Å². The van der Waals surface area contributed by atoms with Crippen LogP contribution < -0.4 is 10.5 Å². The average molecular weight is 298 g/mol. The molecule has 0 atom stereocenters. The number of rotatable bonds is 5. The Kier molecular flexibility index (Phi) is 5.04. The van der Waals surface area contributed by atoms with Crippen molar-refractivity contribution in [3.63, 3.8) is 0 Å². The van der Waals surface area contributed by atoms with E-state index in [1.807, 2.05) is 44.2 Å². The first-order chi connectivity index (χ1) is 10.5.